The van der Waals surface area contributed by atoms with Crippen molar-refractivity contribution in [1.82, 2.24) is 0 Å². The summed E-state index contributed by atoms with van der Waals surface area (Å²) in [4.78, 5) is 11.6. The van der Waals surface area contributed by atoms with Crippen LogP contribution >= 0.6 is 27.7 Å². The number of carbonyl (C=O) groups is 1. The van der Waals surface area contributed by atoms with Crippen molar-refractivity contribution in [2.24, 2.45) is 0 Å². The first-order chi connectivity index (χ1) is 7.83. The number of hydrogen-bond acceptors (Lipinski definition) is 3. The van der Waals surface area contributed by atoms with Crippen LogP contribution in [0, 0.1) is 0 Å². The minimum atomic E-state index is -0.276. The number of carbonyl (C=O) groups excluding carboxylic acids is 1. The molecule has 0 radical (unpaired) electrons. The van der Waals surface area contributed by atoms with E-state index in [1.807, 2.05) is 23.9 Å². The van der Waals surface area contributed by atoms with Crippen molar-refractivity contribution in [1.29, 1.82) is 0 Å². The van der Waals surface area contributed by atoms with Crippen molar-refractivity contribution < 1.29 is 9.53 Å². The molecule has 0 atom stereocenters. The van der Waals surface area contributed by atoms with Gasteiger partial charge in [-0.1, -0.05) is 36.7 Å². The van der Waals surface area contributed by atoms with Gasteiger partial charge < -0.3 is 4.74 Å². The molecule has 0 amide bonds. The lowest BCUT2D eigenvalue weighted by molar-refractivity contribution is 0.0600. The number of ether oxygens (including phenoxy) is 1. The molecule has 1 aromatic carbocycles. The van der Waals surface area contributed by atoms with Gasteiger partial charge in [-0.3, -0.25) is 0 Å². The second kappa shape index (κ2) is 5.91. The average molecular weight is 317 g/mol. The summed E-state index contributed by atoms with van der Waals surface area (Å²) in [5.74, 6) is 0.523. The van der Waals surface area contributed by atoms with Crippen molar-refractivity contribution in [3.63, 3.8) is 0 Å². The maximum Gasteiger partial charge on any atom is 0.338 e. The molecular weight excluding hydrogens is 300 g/mol. The molecule has 0 spiro atoms. The molecule has 0 aromatic heterocycles. The van der Waals surface area contributed by atoms with Gasteiger partial charge in [-0.05, 0) is 23.8 Å². The van der Waals surface area contributed by atoms with Gasteiger partial charge in [-0.25, -0.2) is 4.79 Å². The quantitative estimate of drug-likeness (QED) is 0.779. The zero-order valence-corrected chi connectivity index (χ0v) is 12.9. The molecule has 0 heterocycles. The van der Waals surface area contributed by atoms with Gasteiger partial charge in [0.05, 0.1) is 12.7 Å². The SMILES string of the molecule is COC(=O)c1ccc(Br)cc1CSC(C)(C)C. The zero-order chi connectivity index (χ0) is 13.1. The number of methoxy groups -OCH3 is 1. The third-order valence-corrected chi connectivity index (χ3v) is 3.95. The molecule has 0 fully saturated rings. The Balaban J connectivity index is 2.95. The van der Waals surface area contributed by atoms with Crippen LogP contribution in [0.25, 0.3) is 0 Å². The van der Waals surface area contributed by atoms with Crippen molar-refractivity contribution in [2.45, 2.75) is 31.3 Å². The van der Waals surface area contributed by atoms with E-state index in [0.29, 0.717) is 5.56 Å². The normalized spacial score (nSPS) is 11.4. The Morgan fingerprint density at radius 1 is 1.41 bits per heavy atom. The molecule has 0 aliphatic heterocycles. The van der Waals surface area contributed by atoms with E-state index in [4.69, 9.17) is 4.74 Å². The first kappa shape index (κ1) is 14.6. The second-order valence-corrected chi connectivity index (χ2v) is 7.41. The molecule has 0 saturated carbocycles. The number of esters is 1. The lowest BCUT2D eigenvalue weighted by Gasteiger charge is -2.18. The maximum absolute atomic E-state index is 11.6. The predicted octanol–water partition coefficient (Wildman–Crippen LogP) is 4.27. The molecule has 1 aromatic rings. The van der Waals surface area contributed by atoms with Gasteiger partial charge in [0.25, 0.3) is 0 Å². The van der Waals surface area contributed by atoms with Gasteiger partial charge in [0.2, 0.25) is 0 Å². The third-order valence-electron chi connectivity index (χ3n) is 2.13. The van der Waals surface area contributed by atoms with E-state index in [-0.39, 0.29) is 10.7 Å². The van der Waals surface area contributed by atoms with E-state index in [9.17, 15) is 4.79 Å². The molecular formula is C13H17BrO2S. The molecule has 0 bridgehead atoms. The molecule has 0 aliphatic carbocycles. The minimum absolute atomic E-state index is 0.176. The lowest BCUT2D eigenvalue weighted by Crippen LogP contribution is -2.10. The first-order valence-corrected chi connectivity index (χ1v) is 7.12. The minimum Gasteiger partial charge on any atom is -0.465 e. The van der Waals surface area contributed by atoms with Crippen LogP contribution in [0.2, 0.25) is 0 Å². The Kier molecular flexibility index (Phi) is 5.07. The van der Waals surface area contributed by atoms with Gasteiger partial charge in [0.15, 0.2) is 0 Å². The summed E-state index contributed by atoms with van der Waals surface area (Å²) in [6.07, 6.45) is 0. The Morgan fingerprint density at radius 2 is 2.06 bits per heavy atom. The summed E-state index contributed by atoms with van der Waals surface area (Å²) < 4.78 is 5.94. The zero-order valence-electron chi connectivity index (χ0n) is 10.5. The number of rotatable bonds is 3. The summed E-state index contributed by atoms with van der Waals surface area (Å²) >= 11 is 5.24. The molecule has 2 nitrogen and oxygen atoms in total. The van der Waals surface area contributed by atoms with Crippen molar-refractivity contribution in [3.05, 3.63) is 33.8 Å². The summed E-state index contributed by atoms with van der Waals surface area (Å²) in [7, 11) is 1.41. The van der Waals surface area contributed by atoms with E-state index in [1.54, 1.807) is 6.07 Å². The molecule has 17 heavy (non-hydrogen) atoms. The fraction of sp³-hybridized carbons (Fsp3) is 0.462. The average Bonchev–Trinajstić information content (AvgIpc) is 2.24. The molecule has 1 rings (SSSR count). The number of hydrogen-bond donors (Lipinski definition) is 0. The highest BCUT2D eigenvalue weighted by molar-refractivity contribution is 9.10. The highest BCUT2D eigenvalue weighted by Gasteiger charge is 2.16. The fourth-order valence-electron chi connectivity index (χ4n) is 1.29. The molecule has 0 N–H and O–H groups in total. The van der Waals surface area contributed by atoms with Crippen LogP contribution < -0.4 is 0 Å². The summed E-state index contributed by atoms with van der Waals surface area (Å²) in [5.41, 5.74) is 1.65. The number of halogens is 1. The molecule has 0 saturated heterocycles. The Labute approximate surface area is 115 Å². The molecule has 0 unspecified atom stereocenters. The van der Waals surface area contributed by atoms with Crippen LogP contribution in [-0.2, 0) is 10.5 Å². The van der Waals surface area contributed by atoms with Crippen LogP contribution in [0.4, 0.5) is 0 Å². The summed E-state index contributed by atoms with van der Waals surface area (Å²) in [6.45, 7) is 6.48. The van der Waals surface area contributed by atoms with Crippen LogP contribution in [0.5, 0.6) is 0 Å². The smallest absolute Gasteiger partial charge is 0.338 e. The Hall–Kier alpha value is -0.480. The molecule has 94 valence electrons. The lowest BCUT2D eigenvalue weighted by atomic mass is 10.1. The molecule has 4 heteroatoms. The van der Waals surface area contributed by atoms with E-state index in [0.717, 1.165) is 15.8 Å². The predicted molar refractivity (Wildman–Crippen MR) is 76.5 cm³/mol. The first-order valence-electron chi connectivity index (χ1n) is 5.34. The highest BCUT2D eigenvalue weighted by atomic mass is 79.9. The standard InChI is InChI=1S/C13H17BrO2S/c1-13(2,3)17-8-9-7-10(14)5-6-11(9)12(15)16-4/h5-7H,8H2,1-4H3. The second-order valence-electron chi connectivity index (χ2n) is 4.69. The van der Waals surface area contributed by atoms with Crippen molar-refractivity contribution in [3.8, 4) is 0 Å². The highest BCUT2D eigenvalue weighted by Crippen LogP contribution is 2.29. The van der Waals surface area contributed by atoms with Gasteiger partial charge in [0.1, 0.15) is 0 Å². The van der Waals surface area contributed by atoms with E-state index in [2.05, 4.69) is 36.7 Å². The van der Waals surface area contributed by atoms with Crippen molar-refractivity contribution >= 4 is 33.7 Å². The largest absolute Gasteiger partial charge is 0.465 e. The van der Waals surface area contributed by atoms with Crippen LogP contribution in [0.3, 0.4) is 0 Å². The number of thioether (sulfide) groups is 1. The van der Waals surface area contributed by atoms with Crippen LogP contribution in [-0.4, -0.2) is 17.8 Å². The van der Waals surface area contributed by atoms with E-state index >= 15 is 0 Å². The topological polar surface area (TPSA) is 26.3 Å². The van der Waals surface area contributed by atoms with Gasteiger partial charge in [-0.2, -0.15) is 11.8 Å². The van der Waals surface area contributed by atoms with Crippen LogP contribution in [0.15, 0.2) is 22.7 Å². The van der Waals surface area contributed by atoms with Gasteiger partial charge >= 0.3 is 5.97 Å². The van der Waals surface area contributed by atoms with Crippen molar-refractivity contribution in [2.75, 3.05) is 7.11 Å². The number of benzene rings is 1. The summed E-state index contributed by atoms with van der Waals surface area (Å²) in [6, 6.07) is 5.64. The Morgan fingerprint density at radius 3 is 2.59 bits per heavy atom. The third kappa shape index (κ3) is 4.72. The van der Waals surface area contributed by atoms with Gasteiger partial charge in [-0.15, -0.1) is 0 Å². The fourth-order valence-corrected chi connectivity index (χ4v) is 2.52. The van der Waals surface area contributed by atoms with Gasteiger partial charge in [0, 0.05) is 15.0 Å². The summed E-state index contributed by atoms with van der Waals surface area (Å²) in [5, 5.41) is 0. The van der Waals surface area contributed by atoms with E-state index < -0.39 is 0 Å². The Bertz CT molecular complexity index is 410. The maximum atomic E-state index is 11.6. The molecule has 0 aliphatic rings. The van der Waals surface area contributed by atoms with Crippen LogP contribution in [0.1, 0.15) is 36.7 Å². The monoisotopic (exact) mass is 316 g/mol. The van der Waals surface area contributed by atoms with E-state index in [1.165, 1.54) is 7.11 Å².